The van der Waals surface area contributed by atoms with E-state index in [1.807, 2.05) is 0 Å². The van der Waals surface area contributed by atoms with Crippen molar-refractivity contribution in [2.24, 2.45) is 0 Å². The molecule has 30 heavy (non-hydrogen) atoms. The predicted octanol–water partition coefficient (Wildman–Crippen LogP) is 1.83. The zero-order chi connectivity index (χ0) is 21.8. The van der Waals surface area contributed by atoms with E-state index in [9.17, 15) is 28.5 Å². The van der Waals surface area contributed by atoms with E-state index < -0.39 is 47.9 Å². The van der Waals surface area contributed by atoms with Crippen molar-refractivity contribution in [1.82, 2.24) is 14.5 Å². The molecule has 0 aliphatic carbocycles. The Balaban J connectivity index is 1.71. The van der Waals surface area contributed by atoms with E-state index in [0.717, 1.165) is 12.1 Å². The summed E-state index contributed by atoms with van der Waals surface area (Å²) in [7, 11) is 0. The van der Waals surface area contributed by atoms with Gasteiger partial charge in [-0.05, 0) is 36.8 Å². The molecule has 160 valence electrons. The second-order valence-electron chi connectivity index (χ2n) is 7.40. The Morgan fingerprint density at radius 1 is 1.23 bits per heavy atom. The number of nitrogens with two attached hydrogens (primary N) is 1. The molecule has 0 unspecified atom stereocenters. The number of hydrogen-bond donors (Lipinski definition) is 4. The van der Waals surface area contributed by atoms with Gasteiger partial charge in [0.25, 0.3) is 6.43 Å². The molecule has 1 aromatic carbocycles. The molecule has 11 heteroatoms. The van der Waals surface area contributed by atoms with Crippen LogP contribution in [0.5, 0.6) is 0 Å². The van der Waals surface area contributed by atoms with Crippen molar-refractivity contribution < 1.29 is 33.2 Å². The first-order valence-electron chi connectivity index (χ1n) is 9.00. The van der Waals surface area contributed by atoms with Crippen LogP contribution in [0.4, 0.5) is 19.0 Å². The minimum Gasteiger partial charge on any atom is -0.386 e. The number of aliphatic hydroxyl groups is 3. The molecule has 2 aromatic heterocycles. The smallest absolute Gasteiger partial charge is 0.263 e. The summed E-state index contributed by atoms with van der Waals surface area (Å²) >= 11 is 0. The molecule has 0 saturated carbocycles. The average molecular weight is 424 g/mol. The molecule has 1 fully saturated rings. The summed E-state index contributed by atoms with van der Waals surface area (Å²) in [5, 5.41) is 32.8. The Morgan fingerprint density at radius 2 is 1.93 bits per heavy atom. The van der Waals surface area contributed by atoms with Crippen LogP contribution < -0.4 is 5.73 Å². The maximum absolute atomic E-state index is 13.8. The summed E-state index contributed by atoms with van der Waals surface area (Å²) in [5.74, 6) is -0.769. The Hall–Kier alpha value is -2.73. The van der Waals surface area contributed by atoms with E-state index in [0.29, 0.717) is 17.1 Å². The van der Waals surface area contributed by atoms with Gasteiger partial charge >= 0.3 is 0 Å². The highest BCUT2D eigenvalue weighted by Gasteiger charge is 2.56. The molecular formula is C19H19F3N4O4. The van der Waals surface area contributed by atoms with Crippen molar-refractivity contribution in [2.75, 3.05) is 5.73 Å². The first-order valence-corrected chi connectivity index (χ1v) is 9.00. The lowest BCUT2D eigenvalue weighted by atomic mass is 9.88. The molecule has 1 saturated heterocycles. The monoisotopic (exact) mass is 424 g/mol. The van der Waals surface area contributed by atoms with Gasteiger partial charge in [0.1, 0.15) is 47.5 Å². The van der Waals surface area contributed by atoms with Gasteiger partial charge in [0.2, 0.25) is 0 Å². The number of halogens is 3. The highest BCUT2D eigenvalue weighted by Crippen LogP contribution is 2.44. The average Bonchev–Trinajstić information content (AvgIpc) is 3.21. The first kappa shape index (κ1) is 20.5. The fraction of sp³-hybridized carbons (Fsp3) is 0.368. The molecule has 3 aromatic rings. The maximum Gasteiger partial charge on any atom is 0.263 e. The van der Waals surface area contributed by atoms with Crippen molar-refractivity contribution in [3.63, 3.8) is 0 Å². The standard InChI is InChI=1S/C19H19F3N4O4/c1-19(29)13(28)18(26-3-2-11-16(23)24-7-25-17(11)26)30-14(19)12(27)8-4-9(15(21)22)6-10(20)5-8/h2-7,12-15,18,27-29H,1H3,(H2,23,24,25)/t12-,13-,14+,18+,19+/m0/s1. The zero-order valence-corrected chi connectivity index (χ0v) is 15.7. The fourth-order valence-electron chi connectivity index (χ4n) is 3.73. The van der Waals surface area contributed by atoms with E-state index in [1.54, 1.807) is 6.07 Å². The number of alkyl halides is 2. The summed E-state index contributed by atoms with van der Waals surface area (Å²) in [6.07, 6.45) is -6.09. The highest BCUT2D eigenvalue weighted by molar-refractivity contribution is 5.86. The third-order valence-corrected chi connectivity index (χ3v) is 5.37. The lowest BCUT2D eigenvalue weighted by Gasteiger charge is -2.30. The van der Waals surface area contributed by atoms with E-state index in [2.05, 4.69) is 9.97 Å². The van der Waals surface area contributed by atoms with E-state index in [4.69, 9.17) is 10.5 Å². The number of fused-ring (bicyclic) bond motifs is 1. The van der Waals surface area contributed by atoms with Crippen LogP contribution in [0.3, 0.4) is 0 Å². The molecule has 0 spiro atoms. The summed E-state index contributed by atoms with van der Waals surface area (Å²) in [6.45, 7) is 1.23. The SMILES string of the molecule is C[C@]1(O)[C@@H]([C@@H](O)c2cc(F)cc(C(F)F)c2)O[C@@H](n2ccc3c(N)ncnc32)[C@@H]1O. The van der Waals surface area contributed by atoms with Crippen LogP contribution in [-0.4, -0.2) is 47.7 Å². The molecule has 1 aliphatic rings. The van der Waals surface area contributed by atoms with Gasteiger partial charge in [-0.15, -0.1) is 0 Å². The summed E-state index contributed by atoms with van der Waals surface area (Å²) in [5.41, 5.74) is 3.29. The van der Waals surface area contributed by atoms with Crippen LogP contribution in [0.2, 0.25) is 0 Å². The predicted molar refractivity (Wildman–Crippen MR) is 98.8 cm³/mol. The molecule has 1 aliphatic heterocycles. The quantitative estimate of drug-likeness (QED) is 0.503. The Bertz CT molecular complexity index is 1090. The third-order valence-electron chi connectivity index (χ3n) is 5.37. The van der Waals surface area contributed by atoms with Gasteiger partial charge in [-0.3, -0.25) is 0 Å². The van der Waals surface area contributed by atoms with Crippen molar-refractivity contribution in [1.29, 1.82) is 0 Å². The lowest BCUT2D eigenvalue weighted by molar-refractivity contribution is -0.115. The van der Waals surface area contributed by atoms with Gasteiger partial charge < -0.3 is 30.4 Å². The normalized spacial score (nSPS) is 27.8. The van der Waals surface area contributed by atoms with Gasteiger partial charge in [0.05, 0.1) is 5.39 Å². The van der Waals surface area contributed by atoms with Gasteiger partial charge in [0.15, 0.2) is 6.23 Å². The number of nitrogen functional groups attached to an aromatic ring is 1. The van der Waals surface area contributed by atoms with Gasteiger partial charge in [0, 0.05) is 11.8 Å². The summed E-state index contributed by atoms with van der Waals surface area (Å²) < 4.78 is 47.0. The Morgan fingerprint density at radius 3 is 2.63 bits per heavy atom. The van der Waals surface area contributed by atoms with E-state index in [1.165, 1.54) is 24.0 Å². The molecule has 0 bridgehead atoms. The minimum absolute atomic E-state index is 0.203. The number of aromatic nitrogens is 3. The molecule has 3 heterocycles. The molecule has 5 atom stereocenters. The van der Waals surface area contributed by atoms with Crippen molar-refractivity contribution >= 4 is 16.9 Å². The number of anilines is 1. The minimum atomic E-state index is -2.95. The molecule has 5 N–H and O–H groups in total. The molecular weight excluding hydrogens is 405 g/mol. The molecule has 0 radical (unpaired) electrons. The third kappa shape index (κ3) is 3.19. The molecule has 8 nitrogen and oxygen atoms in total. The Labute approximate surface area is 168 Å². The van der Waals surface area contributed by atoms with Crippen molar-refractivity contribution in [3.05, 3.63) is 53.7 Å². The lowest BCUT2D eigenvalue weighted by Crippen LogP contribution is -2.47. The number of rotatable bonds is 4. The van der Waals surface area contributed by atoms with Gasteiger partial charge in [-0.25, -0.2) is 23.1 Å². The second-order valence-corrected chi connectivity index (χ2v) is 7.40. The maximum atomic E-state index is 13.8. The summed E-state index contributed by atoms with van der Waals surface area (Å²) in [6, 6.07) is 4.05. The number of aliphatic hydroxyl groups excluding tert-OH is 2. The van der Waals surface area contributed by atoms with Crippen LogP contribution in [0, 0.1) is 5.82 Å². The number of hydrogen-bond acceptors (Lipinski definition) is 7. The summed E-state index contributed by atoms with van der Waals surface area (Å²) in [4.78, 5) is 7.98. The zero-order valence-electron chi connectivity index (χ0n) is 15.7. The number of ether oxygens (including phenoxy) is 1. The second kappa shape index (κ2) is 7.20. The van der Waals surface area contributed by atoms with Crippen LogP contribution in [0.15, 0.2) is 36.8 Å². The number of nitrogens with zero attached hydrogens (tertiary/aromatic N) is 3. The van der Waals surface area contributed by atoms with Crippen LogP contribution >= 0.6 is 0 Å². The van der Waals surface area contributed by atoms with Crippen LogP contribution in [-0.2, 0) is 4.74 Å². The first-order chi connectivity index (χ1) is 14.1. The fourth-order valence-corrected chi connectivity index (χ4v) is 3.73. The van der Waals surface area contributed by atoms with E-state index in [-0.39, 0.29) is 11.4 Å². The highest BCUT2D eigenvalue weighted by atomic mass is 19.3. The van der Waals surface area contributed by atoms with Crippen molar-refractivity contribution in [2.45, 2.75) is 43.5 Å². The van der Waals surface area contributed by atoms with Gasteiger partial charge in [-0.2, -0.15) is 0 Å². The Kier molecular flexibility index (Phi) is 4.93. The molecule has 0 amide bonds. The molecule has 4 rings (SSSR count). The van der Waals surface area contributed by atoms with Crippen LogP contribution in [0.25, 0.3) is 11.0 Å². The largest absolute Gasteiger partial charge is 0.386 e. The van der Waals surface area contributed by atoms with E-state index >= 15 is 0 Å². The van der Waals surface area contributed by atoms with Crippen molar-refractivity contribution in [3.8, 4) is 0 Å². The number of benzene rings is 1. The topological polar surface area (TPSA) is 127 Å². The van der Waals surface area contributed by atoms with Gasteiger partial charge in [-0.1, -0.05) is 0 Å². The van der Waals surface area contributed by atoms with Crippen LogP contribution in [0.1, 0.15) is 36.8 Å².